The van der Waals surface area contributed by atoms with Crippen molar-refractivity contribution in [2.75, 3.05) is 11.9 Å². The maximum atomic E-state index is 4.28. The number of aryl methyl sites for hydroxylation is 1. The lowest BCUT2D eigenvalue weighted by Crippen LogP contribution is -2.25. The summed E-state index contributed by atoms with van der Waals surface area (Å²) in [5.74, 6) is 1.60. The molecule has 0 aliphatic heterocycles. The van der Waals surface area contributed by atoms with Crippen LogP contribution in [0.5, 0.6) is 0 Å². The number of aromatic nitrogens is 1. The van der Waals surface area contributed by atoms with E-state index in [9.17, 15) is 0 Å². The van der Waals surface area contributed by atoms with Crippen LogP contribution in [0.25, 0.3) is 0 Å². The Hall–Kier alpha value is -1.05. The van der Waals surface area contributed by atoms with Gasteiger partial charge in [0.2, 0.25) is 0 Å². The van der Waals surface area contributed by atoms with Gasteiger partial charge in [0.25, 0.3) is 0 Å². The summed E-state index contributed by atoms with van der Waals surface area (Å²) in [6, 6.07) is 4.09. The Labute approximate surface area is 93.1 Å². The van der Waals surface area contributed by atoms with Gasteiger partial charge in [0.1, 0.15) is 5.82 Å². The molecule has 1 unspecified atom stereocenters. The van der Waals surface area contributed by atoms with E-state index in [-0.39, 0.29) is 0 Å². The second-order valence-corrected chi connectivity index (χ2v) is 5.37. The molecule has 1 rings (SSSR count). The molecule has 0 aliphatic carbocycles. The summed E-state index contributed by atoms with van der Waals surface area (Å²) < 4.78 is 0. The lowest BCUT2D eigenvalue weighted by Gasteiger charge is -2.27. The topological polar surface area (TPSA) is 24.9 Å². The van der Waals surface area contributed by atoms with Gasteiger partial charge in [0, 0.05) is 12.7 Å². The Balaban J connectivity index is 2.51. The van der Waals surface area contributed by atoms with E-state index in [1.165, 1.54) is 5.56 Å². The molecule has 0 amide bonds. The van der Waals surface area contributed by atoms with Crippen molar-refractivity contribution in [2.45, 2.75) is 34.6 Å². The van der Waals surface area contributed by atoms with Crippen molar-refractivity contribution >= 4 is 5.82 Å². The molecule has 0 saturated heterocycles. The highest BCUT2D eigenvalue weighted by molar-refractivity contribution is 5.36. The number of anilines is 1. The van der Waals surface area contributed by atoms with Gasteiger partial charge in [-0.05, 0) is 36.0 Å². The van der Waals surface area contributed by atoms with Crippen LogP contribution in [0.15, 0.2) is 18.3 Å². The van der Waals surface area contributed by atoms with Gasteiger partial charge in [-0.2, -0.15) is 0 Å². The molecule has 1 aromatic heterocycles. The molecule has 0 aromatic carbocycles. The fraction of sp³-hybridized carbons (Fsp3) is 0.615. The Morgan fingerprint density at radius 1 is 1.40 bits per heavy atom. The third-order valence-electron chi connectivity index (χ3n) is 2.98. The predicted octanol–water partition coefficient (Wildman–Crippen LogP) is 3.48. The first-order valence-electron chi connectivity index (χ1n) is 5.56. The zero-order valence-electron chi connectivity index (χ0n) is 10.5. The second kappa shape index (κ2) is 4.65. The number of nitrogens with zero attached hydrogens (tertiary/aromatic N) is 1. The van der Waals surface area contributed by atoms with E-state index in [0.29, 0.717) is 11.3 Å². The fourth-order valence-corrected chi connectivity index (χ4v) is 1.20. The van der Waals surface area contributed by atoms with Crippen molar-refractivity contribution in [2.24, 2.45) is 11.3 Å². The van der Waals surface area contributed by atoms with E-state index in [2.05, 4.69) is 51.0 Å². The number of hydrogen-bond acceptors (Lipinski definition) is 2. The van der Waals surface area contributed by atoms with Crippen molar-refractivity contribution in [3.63, 3.8) is 0 Å². The molecule has 1 heterocycles. The number of rotatable bonds is 3. The van der Waals surface area contributed by atoms with Crippen LogP contribution in [0, 0.1) is 18.3 Å². The third kappa shape index (κ3) is 3.90. The van der Waals surface area contributed by atoms with Crippen molar-refractivity contribution < 1.29 is 0 Å². The molecular formula is C13H22N2. The molecule has 0 spiro atoms. The Morgan fingerprint density at radius 2 is 2.07 bits per heavy atom. The quantitative estimate of drug-likeness (QED) is 0.819. The van der Waals surface area contributed by atoms with Crippen molar-refractivity contribution in [3.05, 3.63) is 23.9 Å². The second-order valence-electron chi connectivity index (χ2n) is 5.37. The highest BCUT2D eigenvalue weighted by Gasteiger charge is 2.19. The highest BCUT2D eigenvalue weighted by atomic mass is 15.0. The number of nitrogens with one attached hydrogen (secondary N) is 1. The SMILES string of the molecule is Cc1ccnc(NCC(C)C(C)(C)C)c1. The van der Waals surface area contributed by atoms with Crippen LogP contribution in [0.3, 0.4) is 0 Å². The van der Waals surface area contributed by atoms with Gasteiger partial charge in [-0.25, -0.2) is 4.98 Å². The molecule has 0 radical (unpaired) electrons. The molecule has 0 saturated carbocycles. The first-order chi connectivity index (χ1) is 6.89. The summed E-state index contributed by atoms with van der Waals surface area (Å²) >= 11 is 0. The van der Waals surface area contributed by atoms with Crippen molar-refractivity contribution in [1.82, 2.24) is 4.98 Å². The molecule has 2 nitrogen and oxygen atoms in total. The Morgan fingerprint density at radius 3 is 2.60 bits per heavy atom. The summed E-state index contributed by atoms with van der Waals surface area (Å²) in [6.45, 7) is 12.1. The average molecular weight is 206 g/mol. The zero-order chi connectivity index (χ0) is 11.5. The fourth-order valence-electron chi connectivity index (χ4n) is 1.20. The van der Waals surface area contributed by atoms with E-state index in [0.717, 1.165) is 12.4 Å². The van der Waals surface area contributed by atoms with E-state index in [4.69, 9.17) is 0 Å². The smallest absolute Gasteiger partial charge is 0.126 e. The van der Waals surface area contributed by atoms with E-state index < -0.39 is 0 Å². The van der Waals surface area contributed by atoms with E-state index >= 15 is 0 Å². The standard InChI is InChI=1S/C13H22N2/c1-10-6-7-14-12(8-10)15-9-11(2)13(3,4)5/h6-8,11H,9H2,1-5H3,(H,14,15). The van der Waals surface area contributed by atoms with Crippen molar-refractivity contribution in [3.8, 4) is 0 Å². The molecule has 15 heavy (non-hydrogen) atoms. The maximum Gasteiger partial charge on any atom is 0.126 e. The largest absolute Gasteiger partial charge is 0.370 e. The summed E-state index contributed by atoms with van der Waals surface area (Å²) in [5.41, 5.74) is 1.59. The number of hydrogen-bond donors (Lipinski definition) is 1. The molecule has 0 bridgehead atoms. The summed E-state index contributed by atoms with van der Waals surface area (Å²) in [4.78, 5) is 4.28. The molecule has 1 aromatic rings. The third-order valence-corrected chi connectivity index (χ3v) is 2.98. The van der Waals surface area contributed by atoms with Crippen LogP contribution < -0.4 is 5.32 Å². The number of pyridine rings is 1. The van der Waals surface area contributed by atoms with Gasteiger partial charge in [0.05, 0.1) is 0 Å². The van der Waals surface area contributed by atoms with Crippen molar-refractivity contribution in [1.29, 1.82) is 0 Å². The lowest BCUT2D eigenvalue weighted by atomic mass is 9.82. The molecule has 1 atom stereocenters. The van der Waals surface area contributed by atoms with Crippen LogP contribution in [-0.4, -0.2) is 11.5 Å². The molecule has 2 heteroatoms. The molecule has 0 aliphatic rings. The van der Waals surface area contributed by atoms with Gasteiger partial charge in [0.15, 0.2) is 0 Å². The minimum atomic E-state index is 0.344. The van der Waals surface area contributed by atoms with E-state index in [1.54, 1.807) is 0 Å². The minimum Gasteiger partial charge on any atom is -0.370 e. The zero-order valence-corrected chi connectivity index (χ0v) is 10.5. The van der Waals surface area contributed by atoms with Gasteiger partial charge >= 0.3 is 0 Å². The first kappa shape index (κ1) is 12.0. The normalized spacial score (nSPS) is 13.7. The molecule has 1 N–H and O–H groups in total. The first-order valence-corrected chi connectivity index (χ1v) is 5.56. The Kier molecular flexibility index (Phi) is 3.72. The van der Waals surface area contributed by atoms with Gasteiger partial charge in [-0.1, -0.05) is 27.7 Å². The van der Waals surface area contributed by atoms with Gasteiger partial charge in [-0.15, -0.1) is 0 Å². The van der Waals surface area contributed by atoms with Gasteiger partial charge in [-0.3, -0.25) is 0 Å². The summed E-state index contributed by atoms with van der Waals surface area (Å²) in [5, 5.41) is 3.38. The van der Waals surface area contributed by atoms with Crippen LogP contribution in [0.1, 0.15) is 33.3 Å². The molecular weight excluding hydrogens is 184 g/mol. The molecule has 84 valence electrons. The lowest BCUT2D eigenvalue weighted by molar-refractivity contribution is 0.274. The van der Waals surface area contributed by atoms with Crippen LogP contribution in [-0.2, 0) is 0 Å². The Bertz CT molecular complexity index is 313. The average Bonchev–Trinajstić information content (AvgIpc) is 2.12. The van der Waals surface area contributed by atoms with Crippen LogP contribution in [0.4, 0.5) is 5.82 Å². The highest BCUT2D eigenvalue weighted by Crippen LogP contribution is 2.25. The van der Waals surface area contributed by atoms with E-state index in [1.807, 2.05) is 12.3 Å². The monoisotopic (exact) mass is 206 g/mol. The predicted molar refractivity (Wildman–Crippen MR) is 66.1 cm³/mol. The maximum absolute atomic E-state index is 4.28. The molecule has 0 fully saturated rings. The van der Waals surface area contributed by atoms with Crippen LogP contribution >= 0.6 is 0 Å². The summed E-state index contributed by atoms with van der Waals surface area (Å²) in [6.07, 6.45) is 1.85. The minimum absolute atomic E-state index is 0.344. The van der Waals surface area contributed by atoms with Crippen LogP contribution in [0.2, 0.25) is 0 Å². The summed E-state index contributed by atoms with van der Waals surface area (Å²) in [7, 11) is 0. The van der Waals surface area contributed by atoms with Gasteiger partial charge < -0.3 is 5.32 Å².